The second-order valence-electron chi connectivity index (χ2n) is 6.05. The van der Waals surface area contributed by atoms with Gasteiger partial charge in [-0.3, -0.25) is 4.79 Å². The number of amides is 1. The third-order valence-corrected chi connectivity index (χ3v) is 3.93. The summed E-state index contributed by atoms with van der Waals surface area (Å²) in [5.74, 6) is 1.61. The van der Waals surface area contributed by atoms with E-state index in [0.29, 0.717) is 12.3 Å². The van der Waals surface area contributed by atoms with Crippen LogP contribution in [0.4, 0.5) is 0 Å². The van der Waals surface area contributed by atoms with Crippen LogP contribution < -0.4 is 10.5 Å². The number of ether oxygens (including phenoxy) is 1. The zero-order valence-electron chi connectivity index (χ0n) is 13.0. The van der Waals surface area contributed by atoms with Gasteiger partial charge in [0.1, 0.15) is 5.75 Å². The molecule has 0 aliphatic carbocycles. The van der Waals surface area contributed by atoms with E-state index < -0.39 is 0 Å². The molecule has 4 heteroatoms. The lowest BCUT2D eigenvalue weighted by Crippen LogP contribution is -2.40. The molecule has 116 valence electrons. The van der Waals surface area contributed by atoms with Crippen LogP contribution in [0.3, 0.4) is 0 Å². The van der Waals surface area contributed by atoms with Gasteiger partial charge >= 0.3 is 0 Å². The molecule has 0 aromatic heterocycles. The fraction of sp³-hybridized carbons (Fsp3) is 0.588. The number of nitrogens with zero attached hydrogens (tertiary/aromatic N) is 1. The third kappa shape index (κ3) is 4.74. The van der Waals surface area contributed by atoms with Gasteiger partial charge in [0.25, 0.3) is 0 Å². The van der Waals surface area contributed by atoms with Gasteiger partial charge in [-0.2, -0.15) is 0 Å². The number of piperidine rings is 1. The Kier molecular flexibility index (Phi) is 5.62. The van der Waals surface area contributed by atoms with E-state index in [2.05, 4.69) is 0 Å². The van der Waals surface area contributed by atoms with E-state index in [1.807, 2.05) is 43.0 Å². The maximum absolute atomic E-state index is 12.3. The maximum Gasteiger partial charge on any atom is 0.226 e. The minimum atomic E-state index is 0.145. The average Bonchev–Trinajstić information content (AvgIpc) is 2.47. The van der Waals surface area contributed by atoms with Crippen molar-refractivity contribution in [2.75, 3.05) is 19.6 Å². The van der Waals surface area contributed by atoms with E-state index in [1.54, 1.807) is 0 Å². The number of hydrogen-bond acceptors (Lipinski definition) is 3. The van der Waals surface area contributed by atoms with Crippen LogP contribution in [0, 0.1) is 5.92 Å². The molecule has 1 aromatic rings. The highest BCUT2D eigenvalue weighted by Crippen LogP contribution is 2.19. The summed E-state index contributed by atoms with van der Waals surface area (Å²) in [4.78, 5) is 14.3. The molecule has 0 bridgehead atoms. The lowest BCUT2D eigenvalue weighted by Gasteiger charge is -2.31. The Morgan fingerprint density at radius 2 is 2.10 bits per heavy atom. The Labute approximate surface area is 127 Å². The van der Waals surface area contributed by atoms with Crippen molar-refractivity contribution in [2.24, 2.45) is 11.7 Å². The summed E-state index contributed by atoms with van der Waals surface area (Å²) in [5, 5.41) is 0. The van der Waals surface area contributed by atoms with Crippen molar-refractivity contribution >= 4 is 5.91 Å². The Morgan fingerprint density at radius 3 is 2.71 bits per heavy atom. The number of nitrogens with two attached hydrogens (primary N) is 1. The van der Waals surface area contributed by atoms with Crippen molar-refractivity contribution < 1.29 is 9.53 Å². The van der Waals surface area contributed by atoms with Gasteiger partial charge in [0.05, 0.1) is 12.5 Å². The summed E-state index contributed by atoms with van der Waals surface area (Å²) < 4.78 is 5.67. The first-order valence-electron chi connectivity index (χ1n) is 7.82. The number of carbonyl (C=O) groups excluding carboxylic acids is 1. The molecule has 1 saturated heterocycles. The minimum Gasteiger partial charge on any atom is -0.491 e. The van der Waals surface area contributed by atoms with Gasteiger partial charge in [-0.15, -0.1) is 0 Å². The monoisotopic (exact) mass is 290 g/mol. The van der Waals surface area contributed by atoms with Crippen LogP contribution in [0.1, 0.15) is 32.3 Å². The molecule has 2 rings (SSSR count). The van der Waals surface area contributed by atoms with Crippen LogP contribution in [0.5, 0.6) is 5.75 Å². The topological polar surface area (TPSA) is 55.6 Å². The van der Waals surface area contributed by atoms with E-state index in [0.717, 1.165) is 43.8 Å². The van der Waals surface area contributed by atoms with Gasteiger partial charge in [-0.1, -0.05) is 12.1 Å². The van der Waals surface area contributed by atoms with Crippen molar-refractivity contribution in [3.8, 4) is 5.75 Å². The molecule has 0 unspecified atom stereocenters. The van der Waals surface area contributed by atoms with E-state index >= 15 is 0 Å². The minimum absolute atomic E-state index is 0.145. The molecule has 0 spiro atoms. The zero-order valence-corrected chi connectivity index (χ0v) is 13.0. The van der Waals surface area contributed by atoms with E-state index in [9.17, 15) is 4.79 Å². The van der Waals surface area contributed by atoms with Gasteiger partial charge in [-0.05, 0) is 56.8 Å². The second kappa shape index (κ2) is 7.46. The van der Waals surface area contributed by atoms with Crippen LogP contribution in [-0.4, -0.2) is 36.5 Å². The van der Waals surface area contributed by atoms with Gasteiger partial charge < -0.3 is 15.4 Å². The summed E-state index contributed by atoms with van der Waals surface area (Å²) >= 11 is 0. The van der Waals surface area contributed by atoms with Gasteiger partial charge in [0.2, 0.25) is 5.91 Å². The third-order valence-electron chi connectivity index (χ3n) is 3.93. The Morgan fingerprint density at radius 1 is 1.38 bits per heavy atom. The standard InChI is InChI=1S/C17H26N2O2/c1-13(2)21-16-5-3-4-15(10-16)11-17(20)19-8-6-14(12-18)7-9-19/h3-5,10,13-14H,6-9,11-12,18H2,1-2H3. The molecule has 1 fully saturated rings. The lowest BCUT2D eigenvalue weighted by atomic mass is 9.96. The molecule has 0 saturated carbocycles. The smallest absolute Gasteiger partial charge is 0.226 e. The van der Waals surface area contributed by atoms with E-state index in [-0.39, 0.29) is 12.0 Å². The van der Waals surface area contributed by atoms with Crippen molar-refractivity contribution in [2.45, 2.75) is 39.2 Å². The molecule has 2 N–H and O–H groups in total. The van der Waals surface area contributed by atoms with Crippen molar-refractivity contribution in [3.05, 3.63) is 29.8 Å². The highest BCUT2D eigenvalue weighted by atomic mass is 16.5. The van der Waals surface area contributed by atoms with Crippen LogP contribution in [0.15, 0.2) is 24.3 Å². The molecule has 1 aliphatic rings. The zero-order chi connectivity index (χ0) is 15.2. The Bertz CT molecular complexity index is 466. The van der Waals surface area contributed by atoms with Crippen molar-refractivity contribution in [3.63, 3.8) is 0 Å². The van der Waals surface area contributed by atoms with E-state index in [4.69, 9.17) is 10.5 Å². The summed E-state index contributed by atoms with van der Waals surface area (Å²) in [6.45, 7) is 6.40. The molecule has 1 heterocycles. The average molecular weight is 290 g/mol. The Balaban J connectivity index is 1.90. The highest BCUT2D eigenvalue weighted by molar-refractivity contribution is 5.79. The molecule has 1 aliphatic heterocycles. The van der Waals surface area contributed by atoms with Gasteiger partial charge in [0.15, 0.2) is 0 Å². The SMILES string of the molecule is CC(C)Oc1cccc(CC(=O)N2CCC(CN)CC2)c1. The maximum atomic E-state index is 12.3. The summed E-state index contributed by atoms with van der Waals surface area (Å²) in [7, 11) is 0. The van der Waals surface area contributed by atoms with Crippen LogP contribution in [-0.2, 0) is 11.2 Å². The highest BCUT2D eigenvalue weighted by Gasteiger charge is 2.21. The summed E-state index contributed by atoms with van der Waals surface area (Å²) in [5.41, 5.74) is 6.70. The summed E-state index contributed by atoms with van der Waals surface area (Å²) in [6.07, 6.45) is 2.64. The first-order chi connectivity index (χ1) is 10.1. The van der Waals surface area contributed by atoms with Crippen molar-refractivity contribution in [1.82, 2.24) is 4.90 Å². The van der Waals surface area contributed by atoms with E-state index in [1.165, 1.54) is 0 Å². The van der Waals surface area contributed by atoms with Crippen LogP contribution in [0.25, 0.3) is 0 Å². The molecule has 1 aromatic carbocycles. The number of carbonyl (C=O) groups is 1. The first-order valence-corrected chi connectivity index (χ1v) is 7.82. The first kappa shape index (κ1) is 15.8. The molecule has 0 radical (unpaired) electrons. The largest absolute Gasteiger partial charge is 0.491 e. The molecule has 0 atom stereocenters. The predicted octanol–water partition coefficient (Wildman–Crippen LogP) is 2.21. The van der Waals surface area contributed by atoms with Gasteiger partial charge in [0, 0.05) is 13.1 Å². The number of benzene rings is 1. The number of likely N-dealkylation sites (tertiary alicyclic amines) is 1. The Hall–Kier alpha value is -1.55. The molecule has 21 heavy (non-hydrogen) atoms. The lowest BCUT2D eigenvalue weighted by molar-refractivity contribution is -0.131. The van der Waals surface area contributed by atoms with Gasteiger partial charge in [-0.25, -0.2) is 0 Å². The predicted molar refractivity (Wildman–Crippen MR) is 84.3 cm³/mol. The molecular weight excluding hydrogens is 264 g/mol. The summed E-state index contributed by atoms with van der Waals surface area (Å²) in [6, 6.07) is 7.82. The number of rotatable bonds is 5. The fourth-order valence-electron chi connectivity index (χ4n) is 2.71. The second-order valence-corrected chi connectivity index (χ2v) is 6.05. The molecule has 4 nitrogen and oxygen atoms in total. The van der Waals surface area contributed by atoms with Crippen LogP contribution in [0.2, 0.25) is 0 Å². The number of hydrogen-bond donors (Lipinski definition) is 1. The quantitative estimate of drug-likeness (QED) is 0.904. The van der Waals surface area contributed by atoms with Crippen LogP contribution >= 0.6 is 0 Å². The fourth-order valence-corrected chi connectivity index (χ4v) is 2.71. The normalized spacial score (nSPS) is 16.3. The molecular formula is C17H26N2O2. The van der Waals surface area contributed by atoms with Crippen molar-refractivity contribution in [1.29, 1.82) is 0 Å². The molecule has 1 amide bonds.